The zero-order valence-corrected chi connectivity index (χ0v) is 7.93. The molecule has 13 heavy (non-hydrogen) atoms. The molecule has 1 heterocycles. The molecule has 0 fully saturated rings. The molecule has 0 spiro atoms. The highest BCUT2D eigenvalue weighted by molar-refractivity contribution is 7.83. The van der Waals surface area contributed by atoms with Crippen molar-refractivity contribution >= 4 is 22.0 Å². The van der Waals surface area contributed by atoms with Crippen molar-refractivity contribution in [3.63, 3.8) is 0 Å². The van der Waals surface area contributed by atoms with Gasteiger partial charge in [0.25, 0.3) is 0 Å². The molecule has 0 aliphatic carbocycles. The summed E-state index contributed by atoms with van der Waals surface area (Å²) < 4.78 is 19.2. The molecule has 0 saturated carbocycles. The molecule has 0 radical (unpaired) electrons. The van der Waals surface area contributed by atoms with Crippen LogP contribution < -0.4 is 4.72 Å². The Labute approximate surface area is 78.3 Å². The van der Waals surface area contributed by atoms with Crippen LogP contribution in [0.3, 0.4) is 0 Å². The molecule has 0 aliphatic heterocycles. The lowest BCUT2D eigenvalue weighted by molar-refractivity contribution is 0.614. The summed E-state index contributed by atoms with van der Waals surface area (Å²) in [5, 5.41) is 1.02. The van der Waals surface area contributed by atoms with Crippen molar-refractivity contribution in [1.82, 2.24) is 4.72 Å². The monoisotopic (exact) mass is 195 g/mol. The predicted octanol–water partition coefficient (Wildman–Crippen LogP) is 1.67. The van der Waals surface area contributed by atoms with E-state index in [1.807, 2.05) is 18.2 Å². The van der Waals surface area contributed by atoms with Crippen molar-refractivity contribution in [3.05, 3.63) is 30.5 Å². The van der Waals surface area contributed by atoms with Gasteiger partial charge in [-0.15, -0.1) is 0 Å². The zero-order chi connectivity index (χ0) is 9.26. The van der Waals surface area contributed by atoms with E-state index in [4.69, 9.17) is 4.42 Å². The van der Waals surface area contributed by atoms with E-state index in [1.165, 1.54) is 0 Å². The van der Waals surface area contributed by atoms with E-state index in [1.54, 1.807) is 19.4 Å². The minimum absolute atomic E-state index is 0.727. The summed E-state index contributed by atoms with van der Waals surface area (Å²) in [5.74, 6) is 0. The van der Waals surface area contributed by atoms with Crippen LogP contribution in [0.1, 0.15) is 0 Å². The second-order valence-electron chi connectivity index (χ2n) is 2.59. The van der Waals surface area contributed by atoms with Crippen LogP contribution in [0.25, 0.3) is 11.0 Å². The van der Waals surface area contributed by atoms with Gasteiger partial charge in [0.2, 0.25) is 0 Å². The maximum Gasteiger partial charge on any atom is 0.135 e. The van der Waals surface area contributed by atoms with Crippen molar-refractivity contribution in [1.29, 1.82) is 0 Å². The molecule has 1 aromatic heterocycles. The number of hydrogen-bond donors (Lipinski definition) is 1. The van der Waals surface area contributed by atoms with Crippen LogP contribution in [0.4, 0.5) is 0 Å². The number of rotatable bonds is 2. The highest BCUT2D eigenvalue weighted by Gasteiger charge is 2.03. The van der Waals surface area contributed by atoms with E-state index in [0.29, 0.717) is 0 Å². The van der Waals surface area contributed by atoms with Gasteiger partial charge in [-0.25, -0.2) is 8.93 Å². The first-order valence-corrected chi connectivity index (χ1v) is 5.02. The Balaban J connectivity index is 2.54. The largest absolute Gasteiger partial charge is 0.464 e. The normalized spacial score (nSPS) is 13.3. The van der Waals surface area contributed by atoms with Gasteiger partial charge in [-0.05, 0) is 31.3 Å². The van der Waals surface area contributed by atoms with Crippen LogP contribution in [0, 0.1) is 0 Å². The van der Waals surface area contributed by atoms with Gasteiger partial charge >= 0.3 is 0 Å². The number of hydrogen-bond acceptors (Lipinski definition) is 2. The number of nitrogens with one attached hydrogen (secondary N) is 1. The summed E-state index contributed by atoms with van der Waals surface area (Å²) in [4.78, 5) is 0.727. The fraction of sp³-hybridized carbons (Fsp3) is 0.111. The lowest BCUT2D eigenvalue weighted by atomic mass is 10.3. The molecule has 1 N–H and O–H groups in total. The Kier molecular flexibility index (Phi) is 2.16. The average Bonchev–Trinajstić information content (AvgIpc) is 2.63. The van der Waals surface area contributed by atoms with Crippen LogP contribution in [0.2, 0.25) is 0 Å². The molecule has 0 bridgehead atoms. The van der Waals surface area contributed by atoms with Crippen molar-refractivity contribution in [2.75, 3.05) is 7.05 Å². The van der Waals surface area contributed by atoms with E-state index in [9.17, 15) is 4.21 Å². The van der Waals surface area contributed by atoms with Crippen molar-refractivity contribution in [2.45, 2.75) is 4.90 Å². The number of furan rings is 1. The highest BCUT2D eigenvalue weighted by Crippen LogP contribution is 2.18. The second kappa shape index (κ2) is 3.32. The third-order valence-corrected chi connectivity index (χ3v) is 2.88. The van der Waals surface area contributed by atoms with Crippen LogP contribution in [-0.2, 0) is 11.0 Å². The van der Waals surface area contributed by atoms with Gasteiger partial charge in [0.1, 0.15) is 16.6 Å². The smallest absolute Gasteiger partial charge is 0.135 e. The minimum atomic E-state index is -1.14. The topological polar surface area (TPSA) is 42.2 Å². The Hall–Kier alpha value is -1.13. The molecular weight excluding hydrogens is 186 g/mol. The first-order valence-electron chi connectivity index (χ1n) is 3.87. The van der Waals surface area contributed by atoms with Gasteiger partial charge in [0.15, 0.2) is 0 Å². The lowest BCUT2D eigenvalue weighted by Crippen LogP contribution is -2.09. The fourth-order valence-corrected chi connectivity index (χ4v) is 1.81. The molecule has 0 saturated heterocycles. The van der Waals surface area contributed by atoms with E-state index < -0.39 is 11.0 Å². The third kappa shape index (κ3) is 1.50. The molecule has 4 heteroatoms. The quantitative estimate of drug-likeness (QED) is 0.792. The standard InChI is InChI=1S/C9H9NO2S/c1-10-13(11)8-3-2-7-4-5-12-9(7)6-8/h2-6,10H,1H3. The summed E-state index contributed by atoms with van der Waals surface area (Å²) in [6, 6.07) is 7.37. The predicted molar refractivity (Wildman–Crippen MR) is 51.7 cm³/mol. The Morgan fingerprint density at radius 2 is 2.23 bits per heavy atom. The van der Waals surface area contributed by atoms with Gasteiger partial charge in [-0.1, -0.05) is 0 Å². The summed E-state index contributed by atoms with van der Waals surface area (Å²) in [5.41, 5.74) is 0.765. The molecule has 0 amide bonds. The van der Waals surface area contributed by atoms with Crippen molar-refractivity contribution in [3.8, 4) is 0 Å². The Bertz CT molecular complexity index is 450. The number of benzene rings is 1. The Morgan fingerprint density at radius 3 is 3.00 bits per heavy atom. The molecular formula is C9H9NO2S. The van der Waals surface area contributed by atoms with Crippen molar-refractivity contribution in [2.24, 2.45) is 0 Å². The maximum atomic E-state index is 11.3. The van der Waals surface area contributed by atoms with E-state index in [-0.39, 0.29) is 0 Å². The average molecular weight is 195 g/mol. The number of fused-ring (bicyclic) bond motifs is 1. The van der Waals surface area contributed by atoms with Crippen LogP contribution in [-0.4, -0.2) is 11.3 Å². The van der Waals surface area contributed by atoms with E-state index >= 15 is 0 Å². The highest BCUT2D eigenvalue weighted by atomic mass is 32.2. The molecule has 3 nitrogen and oxygen atoms in total. The van der Waals surface area contributed by atoms with Gasteiger partial charge in [0.05, 0.1) is 11.2 Å². The minimum Gasteiger partial charge on any atom is -0.464 e. The van der Waals surface area contributed by atoms with Crippen LogP contribution in [0.5, 0.6) is 0 Å². The zero-order valence-electron chi connectivity index (χ0n) is 7.11. The molecule has 2 aromatic rings. The summed E-state index contributed by atoms with van der Waals surface area (Å²) >= 11 is 0. The molecule has 1 atom stereocenters. The first kappa shape index (κ1) is 8.47. The molecule has 68 valence electrons. The first-order chi connectivity index (χ1) is 6.31. The SMILES string of the molecule is CNS(=O)c1ccc2ccoc2c1. The molecule has 2 rings (SSSR count). The third-order valence-electron chi connectivity index (χ3n) is 1.83. The second-order valence-corrected chi connectivity index (χ2v) is 4.01. The van der Waals surface area contributed by atoms with Gasteiger partial charge in [-0.2, -0.15) is 0 Å². The Morgan fingerprint density at radius 1 is 1.38 bits per heavy atom. The fourth-order valence-electron chi connectivity index (χ4n) is 1.17. The summed E-state index contributed by atoms with van der Waals surface area (Å²) in [6.07, 6.45) is 1.62. The molecule has 0 aliphatic rings. The molecule has 1 unspecified atom stereocenters. The van der Waals surface area contributed by atoms with Crippen LogP contribution >= 0.6 is 0 Å². The molecule has 1 aromatic carbocycles. The van der Waals surface area contributed by atoms with E-state index in [0.717, 1.165) is 15.9 Å². The van der Waals surface area contributed by atoms with Crippen molar-refractivity contribution < 1.29 is 8.63 Å². The van der Waals surface area contributed by atoms with Gasteiger partial charge in [-0.3, -0.25) is 0 Å². The van der Waals surface area contributed by atoms with Gasteiger partial charge in [0, 0.05) is 5.39 Å². The van der Waals surface area contributed by atoms with Crippen LogP contribution in [0.15, 0.2) is 39.8 Å². The summed E-state index contributed by atoms with van der Waals surface area (Å²) in [6.45, 7) is 0. The lowest BCUT2D eigenvalue weighted by Gasteiger charge is -1.98. The maximum absolute atomic E-state index is 11.3. The van der Waals surface area contributed by atoms with Gasteiger partial charge < -0.3 is 4.42 Å². The summed E-state index contributed by atoms with van der Waals surface area (Å²) in [7, 11) is 0.515. The van der Waals surface area contributed by atoms with E-state index in [2.05, 4.69) is 4.72 Å².